The second-order valence-corrected chi connectivity index (χ2v) is 6.64. The van der Waals surface area contributed by atoms with E-state index in [0.717, 1.165) is 31.4 Å². The molecule has 4 rings (SSSR count). The van der Waals surface area contributed by atoms with Crippen molar-refractivity contribution in [2.24, 2.45) is 0 Å². The Morgan fingerprint density at radius 3 is 3.00 bits per heavy atom. The molecule has 1 aromatic carbocycles. The van der Waals surface area contributed by atoms with E-state index in [2.05, 4.69) is 34.6 Å². The van der Waals surface area contributed by atoms with Crippen LogP contribution >= 0.6 is 0 Å². The molecule has 0 spiro atoms. The summed E-state index contributed by atoms with van der Waals surface area (Å²) in [6.45, 7) is 0.626. The lowest BCUT2D eigenvalue weighted by atomic mass is 9.94. The summed E-state index contributed by atoms with van der Waals surface area (Å²) in [6, 6.07) is 10.1. The third kappa shape index (κ3) is 2.73. The van der Waals surface area contributed by atoms with Gasteiger partial charge in [-0.05, 0) is 42.9 Å². The van der Waals surface area contributed by atoms with Crippen molar-refractivity contribution >= 4 is 11.7 Å². The Balaban J connectivity index is 1.46. The van der Waals surface area contributed by atoms with Crippen LogP contribution in [0, 0.1) is 0 Å². The molecule has 4 nitrogen and oxygen atoms in total. The second kappa shape index (κ2) is 6.19. The predicted molar refractivity (Wildman–Crippen MR) is 91.3 cm³/mol. The van der Waals surface area contributed by atoms with Gasteiger partial charge in [-0.3, -0.25) is 14.6 Å². The molecule has 1 amide bonds. The predicted octanol–water partition coefficient (Wildman–Crippen LogP) is 3.06. The average Bonchev–Trinajstić information content (AvgIpc) is 3.03. The lowest BCUT2D eigenvalue weighted by Gasteiger charge is -2.16. The Morgan fingerprint density at radius 1 is 1.21 bits per heavy atom. The molecule has 2 aliphatic carbocycles. The van der Waals surface area contributed by atoms with Crippen LogP contribution in [0.4, 0.5) is 0 Å². The number of carbonyl (C=O) groups is 2. The molecule has 24 heavy (non-hydrogen) atoms. The van der Waals surface area contributed by atoms with Gasteiger partial charge in [0.2, 0.25) is 0 Å². The largest absolute Gasteiger partial charge is 0.351 e. The number of hydrogen-bond acceptors (Lipinski definition) is 3. The molecule has 0 saturated carbocycles. The zero-order chi connectivity index (χ0) is 16.5. The fourth-order valence-electron chi connectivity index (χ4n) is 3.78. The number of rotatable bonds is 3. The molecule has 0 fully saturated rings. The maximum atomic E-state index is 12.4. The molecule has 1 unspecified atom stereocenters. The molecule has 2 aromatic rings. The number of fused-ring (bicyclic) bond motifs is 2. The molecule has 1 aromatic heterocycles. The summed E-state index contributed by atoms with van der Waals surface area (Å²) in [5.41, 5.74) is 4.66. The van der Waals surface area contributed by atoms with E-state index >= 15 is 0 Å². The number of pyridine rings is 1. The number of carbonyl (C=O) groups excluding carboxylic acids is 2. The summed E-state index contributed by atoms with van der Waals surface area (Å²) in [7, 11) is 0. The fourth-order valence-corrected chi connectivity index (χ4v) is 3.78. The van der Waals surface area contributed by atoms with Crippen molar-refractivity contribution in [2.45, 2.75) is 38.0 Å². The van der Waals surface area contributed by atoms with Crippen LogP contribution in [-0.2, 0) is 12.8 Å². The number of aryl methyl sites for hydroxylation is 2. The summed E-state index contributed by atoms with van der Waals surface area (Å²) in [4.78, 5) is 28.8. The Labute approximate surface area is 141 Å². The van der Waals surface area contributed by atoms with Gasteiger partial charge in [0.15, 0.2) is 5.78 Å². The molecule has 0 aliphatic heterocycles. The van der Waals surface area contributed by atoms with Crippen molar-refractivity contribution < 1.29 is 9.59 Å². The zero-order valence-corrected chi connectivity index (χ0v) is 13.5. The molecule has 0 radical (unpaired) electrons. The molecule has 0 saturated heterocycles. The highest BCUT2D eigenvalue weighted by Gasteiger charge is 2.23. The quantitative estimate of drug-likeness (QED) is 0.945. The third-order valence-electron chi connectivity index (χ3n) is 5.12. The topological polar surface area (TPSA) is 59.1 Å². The lowest BCUT2D eigenvalue weighted by Crippen LogP contribution is -2.28. The summed E-state index contributed by atoms with van der Waals surface area (Å²) in [5, 5.41) is 3.01. The molecule has 0 bridgehead atoms. The Hall–Kier alpha value is -2.49. The average molecular weight is 320 g/mol. The van der Waals surface area contributed by atoms with Gasteiger partial charge in [0.1, 0.15) is 0 Å². The van der Waals surface area contributed by atoms with E-state index in [1.54, 1.807) is 12.3 Å². The van der Waals surface area contributed by atoms with Crippen LogP contribution in [-0.4, -0.2) is 23.2 Å². The first-order chi connectivity index (χ1) is 11.7. The molecule has 122 valence electrons. The van der Waals surface area contributed by atoms with Crippen LogP contribution in [0.1, 0.15) is 62.7 Å². The van der Waals surface area contributed by atoms with Crippen LogP contribution in [0.15, 0.2) is 36.5 Å². The lowest BCUT2D eigenvalue weighted by molar-refractivity contribution is 0.0950. The Kier molecular flexibility index (Phi) is 3.89. The normalized spacial score (nSPS) is 18.8. The summed E-state index contributed by atoms with van der Waals surface area (Å²) >= 11 is 0. The molecule has 1 N–H and O–H groups in total. The Bertz CT molecular complexity index is 813. The highest BCUT2D eigenvalue weighted by molar-refractivity contribution is 6.01. The number of nitrogens with zero attached hydrogens (tertiary/aromatic N) is 1. The van der Waals surface area contributed by atoms with E-state index in [1.807, 2.05) is 0 Å². The van der Waals surface area contributed by atoms with Gasteiger partial charge < -0.3 is 5.32 Å². The van der Waals surface area contributed by atoms with Crippen molar-refractivity contribution in [3.05, 3.63) is 64.5 Å². The number of ketones is 1. The van der Waals surface area contributed by atoms with Crippen LogP contribution in [0.2, 0.25) is 0 Å². The van der Waals surface area contributed by atoms with Gasteiger partial charge in [0, 0.05) is 30.6 Å². The van der Waals surface area contributed by atoms with Crippen molar-refractivity contribution in [1.29, 1.82) is 0 Å². The number of nitrogens with one attached hydrogen (secondary N) is 1. The number of amides is 1. The van der Waals surface area contributed by atoms with Crippen LogP contribution in [0.5, 0.6) is 0 Å². The first-order valence-corrected chi connectivity index (χ1v) is 8.60. The van der Waals surface area contributed by atoms with Gasteiger partial charge in [0.05, 0.1) is 11.3 Å². The van der Waals surface area contributed by atoms with E-state index in [4.69, 9.17) is 0 Å². The van der Waals surface area contributed by atoms with Crippen molar-refractivity contribution in [1.82, 2.24) is 10.3 Å². The van der Waals surface area contributed by atoms with Crippen LogP contribution < -0.4 is 5.32 Å². The van der Waals surface area contributed by atoms with Gasteiger partial charge in [-0.2, -0.15) is 0 Å². The standard InChI is InChI=1S/C20H20N2O2/c23-19-7-3-6-18-17(19)10-15(12-21-18)20(24)22-11-14-9-8-13-4-1-2-5-16(13)14/h1-2,4-5,10,12,14H,3,6-9,11H2,(H,22,24). The van der Waals surface area contributed by atoms with E-state index < -0.39 is 0 Å². The van der Waals surface area contributed by atoms with Gasteiger partial charge in [-0.15, -0.1) is 0 Å². The molecule has 2 aliphatic rings. The van der Waals surface area contributed by atoms with Crippen LogP contribution in [0.25, 0.3) is 0 Å². The number of Topliss-reactive ketones (excluding diaryl/α,β-unsaturated/α-hetero) is 1. The highest BCUT2D eigenvalue weighted by atomic mass is 16.1. The number of benzene rings is 1. The monoisotopic (exact) mass is 320 g/mol. The number of hydrogen-bond donors (Lipinski definition) is 1. The smallest absolute Gasteiger partial charge is 0.252 e. The fraction of sp³-hybridized carbons (Fsp3) is 0.350. The molecule has 1 atom stereocenters. The Morgan fingerprint density at radius 2 is 2.08 bits per heavy atom. The molecular formula is C20H20N2O2. The first-order valence-electron chi connectivity index (χ1n) is 8.60. The van der Waals surface area contributed by atoms with Gasteiger partial charge in [-0.1, -0.05) is 24.3 Å². The summed E-state index contributed by atoms with van der Waals surface area (Å²) in [6.07, 6.45) is 5.97. The molecule has 1 heterocycles. The second-order valence-electron chi connectivity index (χ2n) is 6.64. The van der Waals surface area contributed by atoms with Gasteiger partial charge >= 0.3 is 0 Å². The third-order valence-corrected chi connectivity index (χ3v) is 5.12. The van der Waals surface area contributed by atoms with Gasteiger partial charge in [0.25, 0.3) is 5.91 Å². The van der Waals surface area contributed by atoms with Crippen LogP contribution in [0.3, 0.4) is 0 Å². The van der Waals surface area contributed by atoms with Crippen molar-refractivity contribution in [2.75, 3.05) is 6.54 Å². The summed E-state index contributed by atoms with van der Waals surface area (Å²) in [5.74, 6) is 0.327. The van der Waals surface area contributed by atoms with Gasteiger partial charge in [-0.25, -0.2) is 0 Å². The molecule has 4 heteroatoms. The minimum absolute atomic E-state index is 0.100. The summed E-state index contributed by atoms with van der Waals surface area (Å²) < 4.78 is 0. The SMILES string of the molecule is O=C(NCC1CCc2ccccc21)c1cnc2c(c1)C(=O)CCC2. The van der Waals surface area contributed by atoms with E-state index in [1.165, 1.54) is 11.1 Å². The first kappa shape index (κ1) is 15.1. The zero-order valence-electron chi connectivity index (χ0n) is 13.5. The molecular weight excluding hydrogens is 300 g/mol. The van der Waals surface area contributed by atoms with Crippen molar-refractivity contribution in [3.63, 3.8) is 0 Å². The van der Waals surface area contributed by atoms with E-state index in [9.17, 15) is 9.59 Å². The maximum Gasteiger partial charge on any atom is 0.252 e. The minimum atomic E-state index is -0.145. The minimum Gasteiger partial charge on any atom is -0.351 e. The highest BCUT2D eigenvalue weighted by Crippen LogP contribution is 2.32. The van der Waals surface area contributed by atoms with E-state index in [0.29, 0.717) is 30.0 Å². The number of aromatic nitrogens is 1. The van der Waals surface area contributed by atoms with E-state index in [-0.39, 0.29) is 11.7 Å². The van der Waals surface area contributed by atoms with Crippen molar-refractivity contribution in [3.8, 4) is 0 Å². The maximum absolute atomic E-state index is 12.4.